The number of carbonyl (C=O) groups is 2. The van der Waals surface area contributed by atoms with Crippen molar-refractivity contribution < 1.29 is 40.0 Å². The fraction of sp³-hybridized carbons (Fsp3) is 0.344. The van der Waals surface area contributed by atoms with Crippen LogP contribution >= 0.6 is 0 Å². The zero-order valence-corrected chi connectivity index (χ0v) is 25.0. The number of ketones is 1. The molecular formula is C32H27F4N3O5S. The molecular weight excluding hydrogens is 614 g/mol. The number of furan rings is 1. The quantitative estimate of drug-likeness (QED) is 0.168. The molecule has 2 heterocycles. The normalized spacial score (nSPS) is 23.1. The molecule has 234 valence electrons. The molecule has 4 aromatic rings. The zero-order chi connectivity index (χ0) is 32.1. The second-order valence-electron chi connectivity index (χ2n) is 12.4. The summed E-state index contributed by atoms with van der Waals surface area (Å²) in [5.74, 6) is -1.18. The number of aromatic nitrogens is 1. The molecule has 45 heavy (non-hydrogen) atoms. The predicted octanol–water partition coefficient (Wildman–Crippen LogP) is 6.36. The summed E-state index contributed by atoms with van der Waals surface area (Å²) in [6, 6.07) is 12.6. The molecule has 3 aliphatic carbocycles. The highest BCUT2D eigenvalue weighted by molar-refractivity contribution is 7.92. The first kappa shape index (κ1) is 29.5. The number of carbonyl (C=O) groups excluding carboxylic acids is 2. The molecule has 8 nitrogen and oxygen atoms in total. The highest BCUT2D eigenvalue weighted by atomic mass is 32.2. The molecule has 2 aromatic heterocycles. The lowest BCUT2D eigenvalue weighted by atomic mass is 9.80. The van der Waals surface area contributed by atoms with Gasteiger partial charge < -0.3 is 9.73 Å². The number of Topliss-reactive ketones (excluding diaryl/α,β-unsaturated/α-hetero) is 1. The number of fused-ring (bicyclic) bond motifs is 1. The summed E-state index contributed by atoms with van der Waals surface area (Å²) in [4.78, 5) is 30.8. The summed E-state index contributed by atoms with van der Waals surface area (Å²) >= 11 is 0. The van der Waals surface area contributed by atoms with Crippen LogP contribution in [0.1, 0.15) is 46.4 Å². The number of pyridine rings is 1. The van der Waals surface area contributed by atoms with Crippen LogP contribution in [-0.2, 0) is 10.0 Å². The molecule has 3 saturated carbocycles. The fourth-order valence-corrected chi connectivity index (χ4v) is 8.19. The molecule has 3 unspecified atom stereocenters. The van der Waals surface area contributed by atoms with E-state index in [0.717, 1.165) is 37.3 Å². The maximum Gasteiger partial charge on any atom is 0.407 e. The molecule has 2 aromatic carbocycles. The topological polar surface area (TPSA) is 110 Å². The van der Waals surface area contributed by atoms with Crippen molar-refractivity contribution in [2.24, 2.45) is 16.7 Å². The molecule has 0 saturated heterocycles. The Bertz CT molecular complexity index is 2020. The Balaban J connectivity index is 1.41. The number of halogens is 4. The van der Waals surface area contributed by atoms with Crippen LogP contribution in [0.4, 0.5) is 23.4 Å². The molecule has 0 aliphatic heterocycles. The van der Waals surface area contributed by atoms with Crippen LogP contribution < -0.4 is 9.62 Å². The molecule has 3 atom stereocenters. The Morgan fingerprint density at radius 3 is 2.40 bits per heavy atom. The van der Waals surface area contributed by atoms with Crippen LogP contribution in [0.15, 0.2) is 59.0 Å². The number of hydrogen-bond donors (Lipinski definition) is 1. The highest BCUT2D eigenvalue weighted by Gasteiger charge is 2.88. The second kappa shape index (κ2) is 9.62. The first-order valence-corrected chi connectivity index (χ1v) is 16.1. The Morgan fingerprint density at radius 1 is 1.09 bits per heavy atom. The Morgan fingerprint density at radius 2 is 1.82 bits per heavy atom. The summed E-state index contributed by atoms with van der Waals surface area (Å²) in [5.41, 5.74) is 0.829. The number of amides is 1. The van der Waals surface area contributed by atoms with E-state index in [-0.39, 0.29) is 54.6 Å². The van der Waals surface area contributed by atoms with E-state index >= 15 is 0 Å². The monoisotopic (exact) mass is 641 g/mol. The van der Waals surface area contributed by atoms with E-state index < -0.39 is 40.3 Å². The lowest BCUT2D eigenvalue weighted by molar-refractivity contribution is -0.117. The molecule has 13 heteroatoms. The van der Waals surface area contributed by atoms with Gasteiger partial charge in [0.25, 0.3) is 5.91 Å². The molecule has 3 aliphatic rings. The molecule has 1 N–H and O–H groups in total. The van der Waals surface area contributed by atoms with Crippen LogP contribution in [0.3, 0.4) is 0 Å². The van der Waals surface area contributed by atoms with E-state index in [9.17, 15) is 35.6 Å². The first-order chi connectivity index (χ1) is 21.1. The van der Waals surface area contributed by atoms with E-state index in [0.29, 0.717) is 23.7 Å². The minimum Gasteiger partial charge on any atom is -0.437 e. The Labute approximate surface area is 255 Å². The van der Waals surface area contributed by atoms with Gasteiger partial charge in [0.15, 0.2) is 11.6 Å². The smallest absolute Gasteiger partial charge is 0.407 e. The molecule has 1 amide bonds. The summed E-state index contributed by atoms with van der Waals surface area (Å²) in [5, 5.41) is 2.58. The summed E-state index contributed by atoms with van der Waals surface area (Å²) in [6.45, 7) is -1.88. The molecule has 0 radical (unpaired) electrons. The minimum atomic E-state index is -4.94. The Kier molecular flexibility index (Phi) is 6.30. The van der Waals surface area contributed by atoms with Gasteiger partial charge in [-0.1, -0.05) is 18.2 Å². The van der Waals surface area contributed by atoms with Crippen molar-refractivity contribution in [1.82, 2.24) is 10.3 Å². The van der Waals surface area contributed by atoms with E-state index in [2.05, 4.69) is 10.3 Å². The maximum absolute atomic E-state index is 13.8. The number of rotatable bonds is 9. The van der Waals surface area contributed by atoms with Gasteiger partial charge in [-0.15, -0.1) is 0 Å². The largest absolute Gasteiger partial charge is 0.437 e. The average molecular weight is 642 g/mol. The van der Waals surface area contributed by atoms with Gasteiger partial charge in [0, 0.05) is 30.2 Å². The van der Waals surface area contributed by atoms with E-state index in [1.165, 1.54) is 37.4 Å². The SMILES string of the molecule is CNC(=O)c1c(-c2ccc(F)cc2)oc2nc(N(CC(F)(F)F)S(C)(=O)=O)c(-c3cccc(C(=O)CC45CC6CC64C5)c3)cc12. The van der Waals surface area contributed by atoms with Crippen molar-refractivity contribution in [2.45, 2.75) is 31.9 Å². The van der Waals surface area contributed by atoms with Gasteiger partial charge in [-0.05, 0) is 78.0 Å². The van der Waals surface area contributed by atoms with Crippen molar-refractivity contribution >= 4 is 38.6 Å². The number of hydrogen-bond acceptors (Lipinski definition) is 6. The predicted molar refractivity (Wildman–Crippen MR) is 158 cm³/mol. The number of sulfonamides is 1. The molecule has 7 rings (SSSR count). The van der Waals surface area contributed by atoms with Gasteiger partial charge >= 0.3 is 6.18 Å². The third kappa shape index (κ3) is 4.79. The van der Waals surface area contributed by atoms with Crippen LogP contribution in [0.5, 0.6) is 0 Å². The van der Waals surface area contributed by atoms with Crippen LogP contribution in [0.25, 0.3) is 33.6 Å². The van der Waals surface area contributed by atoms with Gasteiger partial charge in [-0.2, -0.15) is 18.2 Å². The molecule has 1 spiro atoms. The molecule has 3 fully saturated rings. The summed E-state index contributed by atoms with van der Waals surface area (Å²) < 4.78 is 86.6. The van der Waals surface area contributed by atoms with Crippen LogP contribution in [0, 0.1) is 22.6 Å². The third-order valence-electron chi connectivity index (χ3n) is 9.63. The Hall–Kier alpha value is -4.26. The lowest BCUT2D eigenvalue weighted by Crippen LogP contribution is -2.39. The number of nitrogens with one attached hydrogen (secondary N) is 1. The summed E-state index contributed by atoms with van der Waals surface area (Å²) in [7, 11) is -3.18. The second-order valence-corrected chi connectivity index (χ2v) is 14.3. The number of benzene rings is 2. The van der Waals surface area contributed by atoms with Crippen molar-refractivity contribution in [2.75, 3.05) is 24.2 Å². The number of anilines is 1. The standard InChI is InChI=1S/C32H27F4N3O5S/c1-37-28(41)25-23-11-22(18-4-3-5-19(10-18)24(40)14-30-12-20-13-31(20,30)15-30)27(39(45(2,42)43)16-32(34,35)36)38-29(23)44-26(25)17-6-8-21(33)9-7-17/h3-11,20H,12-16H2,1-2H3,(H,37,41). The molecule has 0 bridgehead atoms. The van der Waals surface area contributed by atoms with Gasteiger partial charge in [0.05, 0.1) is 17.2 Å². The highest BCUT2D eigenvalue weighted by Crippen LogP contribution is 2.95. The lowest BCUT2D eigenvalue weighted by Gasteiger charge is -2.25. The van der Waals surface area contributed by atoms with Gasteiger partial charge in [-0.25, -0.2) is 17.1 Å². The van der Waals surface area contributed by atoms with Crippen LogP contribution in [0.2, 0.25) is 0 Å². The third-order valence-corrected chi connectivity index (χ3v) is 10.7. The van der Waals surface area contributed by atoms with Crippen molar-refractivity contribution in [3.63, 3.8) is 0 Å². The first-order valence-electron chi connectivity index (χ1n) is 14.3. The van der Waals surface area contributed by atoms with E-state index in [4.69, 9.17) is 4.42 Å². The van der Waals surface area contributed by atoms with E-state index in [1.807, 2.05) is 0 Å². The number of nitrogens with zero attached hydrogens (tertiary/aromatic N) is 2. The zero-order valence-electron chi connectivity index (χ0n) is 24.2. The van der Waals surface area contributed by atoms with Crippen molar-refractivity contribution in [3.05, 3.63) is 71.5 Å². The van der Waals surface area contributed by atoms with Gasteiger partial charge in [0.2, 0.25) is 15.7 Å². The van der Waals surface area contributed by atoms with Crippen LogP contribution in [-0.4, -0.2) is 51.1 Å². The summed E-state index contributed by atoms with van der Waals surface area (Å²) in [6.07, 6.45) is -0.694. The van der Waals surface area contributed by atoms with Crippen molar-refractivity contribution in [3.8, 4) is 22.5 Å². The fourth-order valence-electron chi connectivity index (χ4n) is 7.35. The van der Waals surface area contributed by atoms with E-state index in [1.54, 1.807) is 12.1 Å². The van der Waals surface area contributed by atoms with Gasteiger partial charge in [-0.3, -0.25) is 9.59 Å². The van der Waals surface area contributed by atoms with Crippen molar-refractivity contribution in [1.29, 1.82) is 0 Å². The minimum absolute atomic E-state index is 0.0320. The number of alkyl halides is 3. The average Bonchev–Trinajstić information content (AvgIpc) is 3.65. The maximum atomic E-state index is 13.8. The van der Waals surface area contributed by atoms with Gasteiger partial charge in [0.1, 0.15) is 18.1 Å².